The molecule has 0 aromatic heterocycles. The Kier molecular flexibility index (Phi) is 6.06. The molecule has 0 amide bonds. The van der Waals surface area contributed by atoms with Crippen LogP contribution < -0.4 is 0 Å². The second kappa shape index (κ2) is 7.78. The number of ether oxygens (including phenoxy) is 2. The van der Waals surface area contributed by atoms with Crippen molar-refractivity contribution in [2.45, 2.75) is 6.92 Å². The number of carboxylic acids is 1. The summed E-state index contributed by atoms with van der Waals surface area (Å²) in [6.45, 7) is 0.937. The van der Waals surface area contributed by atoms with E-state index in [1.54, 1.807) is 0 Å². The predicted octanol–water partition coefficient (Wildman–Crippen LogP) is 0.920. The van der Waals surface area contributed by atoms with Crippen molar-refractivity contribution in [3.05, 3.63) is 35.4 Å². The van der Waals surface area contributed by atoms with Gasteiger partial charge in [-0.05, 0) is 19.1 Å². The largest absolute Gasteiger partial charge is 0.478 e. The Bertz CT molecular complexity index is 550. The number of hydrogen-bond acceptors (Lipinski definition) is 6. The lowest BCUT2D eigenvalue weighted by Crippen LogP contribution is -2.20. The second-order valence-electron chi connectivity index (χ2n) is 4.08. The molecule has 1 unspecified atom stereocenters. The van der Waals surface area contributed by atoms with Crippen LogP contribution in [0.15, 0.2) is 24.3 Å². The predicted molar refractivity (Wildman–Crippen MR) is 69.9 cm³/mol. The second-order valence-corrected chi connectivity index (χ2v) is 4.08. The van der Waals surface area contributed by atoms with E-state index in [1.807, 2.05) is 0 Å². The minimum absolute atomic E-state index is 0.0856. The monoisotopic (exact) mass is 294 g/mol. The Labute approximate surface area is 120 Å². The summed E-state index contributed by atoms with van der Waals surface area (Å²) in [5.74, 6) is -3.67. The fourth-order valence-electron chi connectivity index (χ4n) is 1.39. The van der Waals surface area contributed by atoms with Crippen LogP contribution in [0, 0.1) is 5.92 Å². The number of hydrogen-bond donors (Lipinski definition) is 1. The first-order valence-electron chi connectivity index (χ1n) is 6.08. The van der Waals surface area contributed by atoms with Gasteiger partial charge >= 0.3 is 17.9 Å². The van der Waals surface area contributed by atoms with E-state index in [-0.39, 0.29) is 24.3 Å². The Hall–Kier alpha value is -2.70. The minimum Gasteiger partial charge on any atom is -0.478 e. The third-order valence-corrected chi connectivity index (χ3v) is 2.51. The van der Waals surface area contributed by atoms with Crippen molar-refractivity contribution >= 4 is 24.2 Å². The summed E-state index contributed by atoms with van der Waals surface area (Å²) < 4.78 is 9.51. The summed E-state index contributed by atoms with van der Waals surface area (Å²) >= 11 is 0. The maximum atomic E-state index is 11.7. The maximum Gasteiger partial charge on any atom is 0.339 e. The molecule has 112 valence electrons. The topological polar surface area (TPSA) is 107 Å². The molecule has 0 aliphatic rings. The van der Waals surface area contributed by atoms with E-state index in [9.17, 15) is 19.2 Å². The first-order valence-corrected chi connectivity index (χ1v) is 6.08. The number of aldehydes is 1. The van der Waals surface area contributed by atoms with Gasteiger partial charge in [0.25, 0.3) is 0 Å². The van der Waals surface area contributed by atoms with Crippen LogP contribution in [-0.4, -0.2) is 42.5 Å². The summed E-state index contributed by atoms with van der Waals surface area (Å²) in [5, 5.41) is 8.94. The molecule has 7 nitrogen and oxygen atoms in total. The number of carbonyl (C=O) groups excluding carboxylic acids is 3. The lowest BCUT2D eigenvalue weighted by Gasteiger charge is -2.08. The van der Waals surface area contributed by atoms with Crippen molar-refractivity contribution in [2.75, 3.05) is 13.2 Å². The van der Waals surface area contributed by atoms with E-state index in [2.05, 4.69) is 0 Å². The van der Waals surface area contributed by atoms with Crippen LogP contribution in [0.2, 0.25) is 0 Å². The maximum absolute atomic E-state index is 11.7. The molecular formula is C14H14O7. The highest BCUT2D eigenvalue weighted by Gasteiger charge is 2.17. The molecule has 7 heteroatoms. The number of benzene rings is 1. The van der Waals surface area contributed by atoms with Crippen molar-refractivity contribution in [2.24, 2.45) is 5.92 Å². The van der Waals surface area contributed by atoms with Crippen LogP contribution in [0.3, 0.4) is 0 Å². The van der Waals surface area contributed by atoms with Crippen LogP contribution in [0.25, 0.3) is 0 Å². The normalized spacial score (nSPS) is 11.3. The number of esters is 2. The van der Waals surface area contributed by atoms with Gasteiger partial charge in [0.05, 0.1) is 11.1 Å². The van der Waals surface area contributed by atoms with E-state index in [0.717, 1.165) is 0 Å². The van der Waals surface area contributed by atoms with Crippen LogP contribution >= 0.6 is 0 Å². The zero-order valence-corrected chi connectivity index (χ0v) is 11.3. The van der Waals surface area contributed by atoms with Crippen LogP contribution in [0.1, 0.15) is 27.6 Å². The molecule has 1 atom stereocenters. The van der Waals surface area contributed by atoms with Crippen molar-refractivity contribution in [1.29, 1.82) is 0 Å². The molecule has 0 fully saturated rings. The third kappa shape index (κ3) is 4.72. The van der Waals surface area contributed by atoms with Gasteiger partial charge in [-0.3, -0.25) is 4.79 Å². The summed E-state index contributed by atoms with van der Waals surface area (Å²) in [4.78, 5) is 44.2. The fraction of sp³-hybridized carbons (Fsp3) is 0.286. The van der Waals surface area contributed by atoms with Gasteiger partial charge in [0.1, 0.15) is 25.4 Å². The zero-order chi connectivity index (χ0) is 15.8. The fourth-order valence-corrected chi connectivity index (χ4v) is 1.39. The molecule has 0 aliphatic heterocycles. The molecule has 1 N–H and O–H groups in total. The van der Waals surface area contributed by atoms with Crippen molar-refractivity contribution in [1.82, 2.24) is 0 Å². The minimum atomic E-state index is -1.24. The van der Waals surface area contributed by atoms with Gasteiger partial charge in [-0.25, -0.2) is 9.59 Å². The average Bonchev–Trinajstić information content (AvgIpc) is 2.50. The van der Waals surface area contributed by atoms with Crippen molar-refractivity contribution < 1.29 is 33.8 Å². The quantitative estimate of drug-likeness (QED) is 0.345. The molecule has 21 heavy (non-hydrogen) atoms. The molecule has 0 bridgehead atoms. The number of carbonyl (C=O) groups is 4. The Morgan fingerprint density at radius 2 is 1.71 bits per heavy atom. The van der Waals surface area contributed by atoms with Gasteiger partial charge in [0.2, 0.25) is 0 Å². The summed E-state index contributed by atoms with van der Waals surface area (Å²) in [7, 11) is 0. The van der Waals surface area contributed by atoms with Crippen LogP contribution in [0.5, 0.6) is 0 Å². The molecule has 0 spiro atoms. The smallest absolute Gasteiger partial charge is 0.339 e. The van der Waals surface area contributed by atoms with Gasteiger partial charge in [-0.1, -0.05) is 12.1 Å². The summed E-state index contributed by atoms with van der Waals surface area (Å²) in [5.41, 5.74) is -0.258. The standard InChI is InChI=1S/C14H14O7/c1-9(8-15)13(18)20-6-7-21-14(19)11-5-3-2-4-10(11)12(16)17/h2-5,8-9H,6-7H2,1H3,(H,16,17). The molecule has 1 aromatic rings. The van der Waals surface area contributed by atoms with Crippen LogP contribution in [-0.2, 0) is 19.1 Å². The van der Waals surface area contributed by atoms with Gasteiger partial charge in [0.15, 0.2) is 0 Å². The van der Waals surface area contributed by atoms with Crippen molar-refractivity contribution in [3.63, 3.8) is 0 Å². The molecule has 0 heterocycles. The molecule has 0 radical (unpaired) electrons. The highest BCUT2D eigenvalue weighted by Crippen LogP contribution is 2.10. The molecule has 0 saturated carbocycles. The van der Waals surface area contributed by atoms with Gasteiger partial charge in [-0.15, -0.1) is 0 Å². The van der Waals surface area contributed by atoms with E-state index in [4.69, 9.17) is 14.6 Å². The van der Waals surface area contributed by atoms with Gasteiger partial charge in [0, 0.05) is 0 Å². The molecule has 0 aliphatic carbocycles. The number of carboxylic acid groups (broad SMARTS) is 1. The first-order chi connectivity index (χ1) is 9.97. The van der Waals surface area contributed by atoms with E-state index in [1.165, 1.54) is 31.2 Å². The Morgan fingerprint density at radius 1 is 1.14 bits per heavy atom. The highest BCUT2D eigenvalue weighted by molar-refractivity contribution is 6.02. The third-order valence-electron chi connectivity index (χ3n) is 2.51. The van der Waals surface area contributed by atoms with Crippen molar-refractivity contribution in [3.8, 4) is 0 Å². The molecule has 1 aromatic carbocycles. The lowest BCUT2D eigenvalue weighted by atomic mass is 10.1. The molecule has 1 rings (SSSR count). The number of aromatic carboxylic acids is 1. The summed E-state index contributed by atoms with van der Waals surface area (Å²) in [6.07, 6.45) is 0.442. The number of rotatable bonds is 7. The first kappa shape index (κ1) is 16.4. The average molecular weight is 294 g/mol. The van der Waals surface area contributed by atoms with E-state index in [0.29, 0.717) is 6.29 Å². The van der Waals surface area contributed by atoms with E-state index < -0.39 is 23.8 Å². The van der Waals surface area contributed by atoms with Crippen LogP contribution in [0.4, 0.5) is 0 Å². The lowest BCUT2D eigenvalue weighted by molar-refractivity contribution is -0.150. The zero-order valence-electron chi connectivity index (χ0n) is 11.3. The summed E-state index contributed by atoms with van der Waals surface area (Å²) in [6, 6.07) is 5.61. The Morgan fingerprint density at radius 3 is 2.29 bits per heavy atom. The molecular weight excluding hydrogens is 280 g/mol. The van der Waals surface area contributed by atoms with Gasteiger partial charge in [-0.2, -0.15) is 0 Å². The van der Waals surface area contributed by atoms with E-state index >= 15 is 0 Å². The van der Waals surface area contributed by atoms with Gasteiger partial charge < -0.3 is 19.4 Å². The highest BCUT2D eigenvalue weighted by atomic mass is 16.6. The Balaban J connectivity index is 2.50. The molecule has 0 saturated heterocycles. The SMILES string of the molecule is CC(C=O)C(=O)OCCOC(=O)c1ccccc1C(=O)O.